The van der Waals surface area contributed by atoms with Crippen LogP contribution in [0.1, 0.15) is 5.56 Å². The number of benzene rings is 2. The smallest absolute Gasteiger partial charge is 0.238 e. The van der Waals surface area contributed by atoms with Crippen LogP contribution in [0.2, 0.25) is 0 Å². The summed E-state index contributed by atoms with van der Waals surface area (Å²) in [6.07, 6.45) is 6.24. The second kappa shape index (κ2) is 8.22. The lowest BCUT2D eigenvalue weighted by molar-refractivity contribution is 0.597. The molecule has 12 heteroatoms. The van der Waals surface area contributed by atoms with Gasteiger partial charge in [-0.15, -0.1) is 0 Å². The lowest BCUT2D eigenvalue weighted by Crippen LogP contribution is -2.12. The molecular weight excluding hydrogens is 452 g/mol. The maximum absolute atomic E-state index is 11.4. The van der Waals surface area contributed by atoms with Gasteiger partial charge in [0.05, 0.1) is 23.0 Å². The second-order valence-corrected chi connectivity index (χ2v) is 10.4. The first-order chi connectivity index (χ1) is 15.1. The van der Waals surface area contributed by atoms with Crippen molar-refractivity contribution in [2.75, 3.05) is 16.3 Å². The molecule has 0 aliphatic rings. The lowest BCUT2D eigenvalue weighted by atomic mass is 10.1. The Labute approximate surface area is 185 Å². The fraction of sp³-hybridized carbons (Fsp3) is 0.100. The SMILES string of the molecule is CS(=O)(=O)Nc1ccc(-c2cnc3c(NCc4ccc(S(N)(=O)=O)cc4)nccn23)cc1. The van der Waals surface area contributed by atoms with E-state index < -0.39 is 20.0 Å². The predicted octanol–water partition coefficient (Wildman–Crippen LogP) is 2.03. The first kappa shape index (κ1) is 21.7. The summed E-state index contributed by atoms with van der Waals surface area (Å²) in [5, 5.41) is 8.33. The number of imidazole rings is 1. The van der Waals surface area contributed by atoms with Crippen molar-refractivity contribution in [2.45, 2.75) is 11.4 Å². The molecule has 2 heterocycles. The average molecular weight is 473 g/mol. The van der Waals surface area contributed by atoms with Crippen molar-refractivity contribution in [2.24, 2.45) is 5.14 Å². The Balaban J connectivity index is 1.56. The van der Waals surface area contributed by atoms with E-state index in [0.717, 1.165) is 23.1 Å². The van der Waals surface area contributed by atoms with Gasteiger partial charge in [-0.1, -0.05) is 24.3 Å². The molecule has 0 aliphatic carbocycles. The highest BCUT2D eigenvalue weighted by molar-refractivity contribution is 7.92. The van der Waals surface area contributed by atoms with E-state index in [9.17, 15) is 16.8 Å². The quantitative estimate of drug-likeness (QED) is 0.373. The molecule has 4 N–H and O–H groups in total. The van der Waals surface area contributed by atoms with Crippen LogP contribution in [0.15, 0.2) is 72.0 Å². The number of nitrogens with zero attached hydrogens (tertiary/aromatic N) is 3. The van der Waals surface area contributed by atoms with Crippen LogP contribution in [-0.4, -0.2) is 37.5 Å². The molecule has 2 aromatic heterocycles. The standard InChI is InChI=1S/C20H20N6O4S2/c1-31(27,28)25-16-6-4-15(5-7-16)18-13-24-20-19(22-10-11-26(18)20)23-12-14-2-8-17(9-3-14)32(21,29)30/h2-11,13,25H,12H2,1H3,(H,22,23)(H2,21,29,30). The van der Waals surface area contributed by atoms with Gasteiger partial charge < -0.3 is 5.32 Å². The Morgan fingerprint density at radius 1 is 0.969 bits per heavy atom. The van der Waals surface area contributed by atoms with Crippen LogP contribution in [0.4, 0.5) is 11.5 Å². The van der Waals surface area contributed by atoms with E-state index in [1.165, 1.54) is 12.1 Å². The van der Waals surface area contributed by atoms with Crippen molar-refractivity contribution in [1.82, 2.24) is 14.4 Å². The van der Waals surface area contributed by atoms with E-state index in [4.69, 9.17) is 5.14 Å². The Morgan fingerprint density at radius 3 is 2.28 bits per heavy atom. The number of nitrogens with two attached hydrogens (primary N) is 1. The predicted molar refractivity (Wildman–Crippen MR) is 122 cm³/mol. The fourth-order valence-electron chi connectivity index (χ4n) is 3.16. The molecule has 0 bridgehead atoms. The molecule has 0 amide bonds. The van der Waals surface area contributed by atoms with Gasteiger partial charge in [-0.2, -0.15) is 0 Å². The first-order valence-electron chi connectivity index (χ1n) is 9.36. The van der Waals surface area contributed by atoms with E-state index in [2.05, 4.69) is 20.0 Å². The van der Waals surface area contributed by atoms with Crippen LogP contribution in [0.25, 0.3) is 16.9 Å². The molecule has 0 spiro atoms. The third-order valence-corrected chi connectivity index (χ3v) is 6.16. The second-order valence-electron chi connectivity index (χ2n) is 7.11. The minimum atomic E-state index is -3.73. The van der Waals surface area contributed by atoms with E-state index >= 15 is 0 Å². The van der Waals surface area contributed by atoms with Crippen LogP contribution in [-0.2, 0) is 26.6 Å². The van der Waals surface area contributed by atoms with Gasteiger partial charge in [0.2, 0.25) is 20.0 Å². The first-order valence-corrected chi connectivity index (χ1v) is 12.8. The number of fused-ring (bicyclic) bond motifs is 1. The van der Waals surface area contributed by atoms with Crippen molar-refractivity contribution in [1.29, 1.82) is 0 Å². The van der Waals surface area contributed by atoms with E-state index in [1.807, 2.05) is 4.40 Å². The van der Waals surface area contributed by atoms with Gasteiger partial charge in [0.1, 0.15) is 0 Å². The Kier molecular flexibility index (Phi) is 5.59. The van der Waals surface area contributed by atoms with Crippen molar-refractivity contribution in [3.05, 3.63) is 72.7 Å². The van der Waals surface area contributed by atoms with Gasteiger partial charge in [0.15, 0.2) is 11.5 Å². The number of aromatic nitrogens is 3. The average Bonchev–Trinajstić information content (AvgIpc) is 3.16. The normalized spacial score (nSPS) is 12.1. The van der Waals surface area contributed by atoms with Gasteiger partial charge >= 0.3 is 0 Å². The largest absolute Gasteiger partial charge is 0.363 e. The topological polar surface area (TPSA) is 149 Å². The van der Waals surface area contributed by atoms with Gasteiger partial charge in [0, 0.05) is 30.2 Å². The van der Waals surface area contributed by atoms with Gasteiger partial charge in [0.25, 0.3) is 0 Å². The zero-order valence-electron chi connectivity index (χ0n) is 16.9. The summed E-state index contributed by atoms with van der Waals surface area (Å²) in [6.45, 7) is 0.408. The number of rotatable bonds is 7. The molecule has 0 fully saturated rings. The molecule has 0 saturated carbocycles. The van der Waals surface area contributed by atoms with Gasteiger partial charge in [-0.3, -0.25) is 9.12 Å². The molecule has 166 valence electrons. The molecule has 4 aromatic rings. The summed E-state index contributed by atoms with van der Waals surface area (Å²) >= 11 is 0. The number of nitrogens with one attached hydrogen (secondary N) is 2. The van der Waals surface area contributed by atoms with E-state index in [1.54, 1.807) is 55.0 Å². The van der Waals surface area contributed by atoms with E-state index in [-0.39, 0.29) is 4.90 Å². The van der Waals surface area contributed by atoms with Crippen molar-refractivity contribution >= 4 is 37.2 Å². The maximum Gasteiger partial charge on any atom is 0.238 e. The van der Waals surface area contributed by atoms with Crippen molar-refractivity contribution < 1.29 is 16.8 Å². The van der Waals surface area contributed by atoms with Crippen LogP contribution in [0, 0.1) is 0 Å². The fourth-order valence-corrected chi connectivity index (χ4v) is 4.24. The third-order valence-electron chi connectivity index (χ3n) is 4.62. The summed E-state index contributed by atoms with van der Waals surface area (Å²) < 4.78 is 49.8. The number of hydrogen-bond donors (Lipinski definition) is 3. The van der Waals surface area contributed by atoms with Crippen LogP contribution >= 0.6 is 0 Å². The zero-order chi connectivity index (χ0) is 22.9. The molecule has 10 nitrogen and oxygen atoms in total. The summed E-state index contributed by atoms with van der Waals surface area (Å²) in [6, 6.07) is 13.2. The lowest BCUT2D eigenvalue weighted by Gasteiger charge is -2.09. The zero-order valence-corrected chi connectivity index (χ0v) is 18.6. The maximum atomic E-state index is 11.4. The summed E-state index contributed by atoms with van der Waals surface area (Å²) in [4.78, 5) is 8.87. The molecule has 32 heavy (non-hydrogen) atoms. The monoisotopic (exact) mass is 472 g/mol. The molecule has 0 saturated heterocycles. The minimum Gasteiger partial charge on any atom is -0.363 e. The number of primary sulfonamides is 1. The molecule has 0 atom stereocenters. The molecular formula is C20H20N6O4S2. The van der Waals surface area contributed by atoms with Crippen LogP contribution < -0.4 is 15.2 Å². The summed E-state index contributed by atoms with van der Waals surface area (Å²) in [5.74, 6) is 0.560. The molecule has 2 aromatic carbocycles. The highest BCUT2D eigenvalue weighted by Crippen LogP contribution is 2.25. The highest BCUT2D eigenvalue weighted by atomic mass is 32.2. The van der Waals surface area contributed by atoms with E-state index in [0.29, 0.717) is 23.7 Å². The Hall–Kier alpha value is -3.48. The van der Waals surface area contributed by atoms with Gasteiger partial charge in [-0.05, 0) is 29.8 Å². The summed E-state index contributed by atoms with van der Waals surface area (Å²) in [5.41, 5.74) is 3.60. The van der Waals surface area contributed by atoms with Crippen molar-refractivity contribution in [3.8, 4) is 11.3 Å². The number of hydrogen-bond acceptors (Lipinski definition) is 7. The number of sulfonamides is 2. The summed E-state index contributed by atoms with van der Waals surface area (Å²) in [7, 11) is -7.07. The number of anilines is 2. The van der Waals surface area contributed by atoms with Crippen LogP contribution in [0.3, 0.4) is 0 Å². The minimum absolute atomic E-state index is 0.0529. The van der Waals surface area contributed by atoms with Gasteiger partial charge in [-0.25, -0.2) is 31.9 Å². The molecule has 4 rings (SSSR count). The van der Waals surface area contributed by atoms with Crippen molar-refractivity contribution in [3.63, 3.8) is 0 Å². The molecule has 0 radical (unpaired) electrons. The molecule has 0 unspecified atom stereocenters. The molecule has 0 aliphatic heterocycles. The Morgan fingerprint density at radius 2 is 1.66 bits per heavy atom. The third kappa shape index (κ3) is 4.88. The Bertz CT molecular complexity index is 1480. The highest BCUT2D eigenvalue weighted by Gasteiger charge is 2.12. The van der Waals surface area contributed by atoms with Crippen LogP contribution in [0.5, 0.6) is 0 Å².